The van der Waals surface area contributed by atoms with E-state index in [-0.39, 0.29) is 16.7 Å². The SMILES string of the molecule is Cc1c(/N=C2\SC[C@@H]([C@@H](C)O)N2C2CCCC2)ccc([N+](=O)[O-])c1C. The smallest absolute Gasteiger partial charge is 0.272 e. The van der Waals surface area contributed by atoms with Crippen LogP contribution < -0.4 is 0 Å². The van der Waals surface area contributed by atoms with Crippen LogP contribution in [-0.4, -0.2) is 44.0 Å². The van der Waals surface area contributed by atoms with Crippen molar-refractivity contribution < 1.29 is 10.0 Å². The summed E-state index contributed by atoms with van der Waals surface area (Å²) in [5.41, 5.74) is 2.42. The van der Waals surface area contributed by atoms with E-state index in [1.807, 2.05) is 13.8 Å². The van der Waals surface area contributed by atoms with Crippen molar-refractivity contribution in [3.63, 3.8) is 0 Å². The molecule has 2 aliphatic rings. The zero-order valence-corrected chi connectivity index (χ0v) is 15.8. The standard InChI is InChI=1S/C18H25N3O3S/c1-11-12(2)16(21(23)24)9-8-15(11)19-18-20(14-6-4-5-7-14)17(10-25-18)13(3)22/h8-9,13-14,17,22H,4-7,10H2,1-3H3/b19-18-/t13-,17+/m1/s1. The lowest BCUT2D eigenvalue weighted by molar-refractivity contribution is -0.385. The minimum absolute atomic E-state index is 0.0892. The normalized spacial score (nSPS) is 24.2. The van der Waals surface area contributed by atoms with Crippen LogP contribution in [0, 0.1) is 24.0 Å². The van der Waals surface area contributed by atoms with Gasteiger partial charge >= 0.3 is 0 Å². The highest BCUT2D eigenvalue weighted by Gasteiger charge is 2.39. The molecule has 0 amide bonds. The van der Waals surface area contributed by atoms with E-state index < -0.39 is 6.10 Å². The van der Waals surface area contributed by atoms with Gasteiger partial charge in [-0.05, 0) is 45.2 Å². The zero-order valence-electron chi connectivity index (χ0n) is 14.9. The highest BCUT2D eigenvalue weighted by Crippen LogP contribution is 2.37. The van der Waals surface area contributed by atoms with Crippen molar-refractivity contribution in [3.8, 4) is 0 Å². The number of thioether (sulfide) groups is 1. The molecule has 3 rings (SSSR count). The van der Waals surface area contributed by atoms with Gasteiger partial charge in [-0.25, -0.2) is 4.99 Å². The Kier molecular flexibility index (Phi) is 5.34. The molecule has 1 aliphatic carbocycles. The van der Waals surface area contributed by atoms with Gasteiger partial charge < -0.3 is 10.0 Å². The summed E-state index contributed by atoms with van der Waals surface area (Å²) < 4.78 is 0. The molecule has 1 saturated heterocycles. The van der Waals surface area contributed by atoms with Crippen LogP contribution in [0.25, 0.3) is 0 Å². The Morgan fingerprint density at radius 1 is 1.32 bits per heavy atom. The number of hydrogen-bond donors (Lipinski definition) is 1. The fourth-order valence-electron chi connectivity index (χ4n) is 3.74. The second kappa shape index (κ2) is 7.33. The molecule has 0 unspecified atom stereocenters. The molecule has 25 heavy (non-hydrogen) atoms. The van der Waals surface area contributed by atoms with Crippen molar-refractivity contribution >= 4 is 28.3 Å². The maximum atomic E-state index is 11.1. The molecule has 1 saturated carbocycles. The number of benzene rings is 1. The van der Waals surface area contributed by atoms with Crippen molar-refractivity contribution in [2.24, 2.45) is 4.99 Å². The number of nitrogens with zero attached hydrogens (tertiary/aromatic N) is 3. The predicted octanol–water partition coefficient (Wildman–Crippen LogP) is 3.94. The summed E-state index contributed by atoms with van der Waals surface area (Å²) >= 11 is 1.68. The Hall–Kier alpha value is -1.60. The third-order valence-corrected chi connectivity index (χ3v) is 6.45. The van der Waals surface area contributed by atoms with Gasteiger partial charge in [0.2, 0.25) is 0 Å². The summed E-state index contributed by atoms with van der Waals surface area (Å²) in [6.45, 7) is 5.50. The van der Waals surface area contributed by atoms with Crippen molar-refractivity contribution in [2.45, 2.75) is 64.6 Å². The largest absolute Gasteiger partial charge is 0.391 e. The topological polar surface area (TPSA) is 79.0 Å². The van der Waals surface area contributed by atoms with Gasteiger partial charge in [-0.15, -0.1) is 0 Å². The number of aliphatic hydroxyl groups excluding tert-OH is 1. The van der Waals surface area contributed by atoms with Crippen LogP contribution in [0.2, 0.25) is 0 Å². The van der Waals surface area contributed by atoms with Gasteiger partial charge in [-0.3, -0.25) is 10.1 Å². The van der Waals surface area contributed by atoms with Crippen LogP contribution in [0.4, 0.5) is 11.4 Å². The summed E-state index contributed by atoms with van der Waals surface area (Å²) in [7, 11) is 0. The predicted molar refractivity (Wildman–Crippen MR) is 102 cm³/mol. The Labute approximate surface area is 152 Å². The van der Waals surface area contributed by atoms with Crippen LogP contribution in [0.15, 0.2) is 17.1 Å². The average molecular weight is 363 g/mol. The van der Waals surface area contributed by atoms with E-state index in [0.717, 1.165) is 35.0 Å². The highest BCUT2D eigenvalue weighted by molar-refractivity contribution is 8.14. The molecule has 1 heterocycles. The van der Waals surface area contributed by atoms with E-state index in [4.69, 9.17) is 4.99 Å². The van der Waals surface area contributed by atoms with E-state index in [1.165, 1.54) is 18.9 Å². The maximum absolute atomic E-state index is 11.1. The van der Waals surface area contributed by atoms with Gasteiger partial charge in [0, 0.05) is 23.4 Å². The summed E-state index contributed by atoms with van der Waals surface area (Å²) in [5, 5.41) is 22.2. The molecule has 1 aromatic carbocycles. The van der Waals surface area contributed by atoms with E-state index in [2.05, 4.69) is 4.90 Å². The van der Waals surface area contributed by atoms with Gasteiger partial charge in [0.1, 0.15) is 0 Å². The summed E-state index contributed by atoms with van der Waals surface area (Å²) in [6.07, 6.45) is 4.32. The van der Waals surface area contributed by atoms with E-state index in [1.54, 1.807) is 24.8 Å². The first kappa shape index (κ1) is 18.2. The van der Waals surface area contributed by atoms with Crippen molar-refractivity contribution in [1.82, 2.24) is 4.90 Å². The Balaban J connectivity index is 1.96. The molecular weight excluding hydrogens is 338 g/mol. The molecule has 6 nitrogen and oxygen atoms in total. The molecule has 7 heteroatoms. The molecule has 1 aliphatic heterocycles. The monoisotopic (exact) mass is 363 g/mol. The van der Waals surface area contributed by atoms with Crippen LogP contribution >= 0.6 is 11.8 Å². The number of nitro groups is 1. The Morgan fingerprint density at radius 2 is 2.00 bits per heavy atom. The summed E-state index contributed by atoms with van der Waals surface area (Å²) in [4.78, 5) is 17.9. The molecule has 2 fully saturated rings. The number of aliphatic imine (C=N–C) groups is 1. The number of rotatable bonds is 4. The first-order valence-corrected chi connectivity index (χ1v) is 9.81. The number of hydrogen-bond acceptors (Lipinski definition) is 5. The van der Waals surface area contributed by atoms with E-state index in [0.29, 0.717) is 11.6 Å². The molecule has 2 atom stereocenters. The lowest BCUT2D eigenvalue weighted by atomic mass is 10.1. The molecule has 136 valence electrons. The number of amidine groups is 1. The van der Waals surface area contributed by atoms with Gasteiger partial charge in [-0.1, -0.05) is 24.6 Å². The van der Waals surface area contributed by atoms with Crippen LogP contribution in [0.5, 0.6) is 0 Å². The molecule has 1 N–H and O–H groups in total. The van der Waals surface area contributed by atoms with E-state index in [9.17, 15) is 15.2 Å². The fraction of sp³-hybridized carbons (Fsp3) is 0.611. The maximum Gasteiger partial charge on any atom is 0.272 e. The highest BCUT2D eigenvalue weighted by atomic mass is 32.2. The second-order valence-corrected chi connectivity index (χ2v) is 7.96. The lowest BCUT2D eigenvalue weighted by Gasteiger charge is -2.33. The Bertz CT molecular complexity index is 699. The van der Waals surface area contributed by atoms with Crippen LogP contribution in [0.3, 0.4) is 0 Å². The van der Waals surface area contributed by atoms with Crippen molar-refractivity contribution in [2.75, 3.05) is 5.75 Å². The van der Waals surface area contributed by atoms with Crippen LogP contribution in [0.1, 0.15) is 43.7 Å². The summed E-state index contributed by atoms with van der Waals surface area (Å²) in [6, 6.07) is 3.79. The quantitative estimate of drug-likeness (QED) is 0.647. The molecular formula is C18H25N3O3S. The first-order valence-electron chi connectivity index (χ1n) is 8.82. The molecule has 1 aromatic rings. The van der Waals surface area contributed by atoms with Crippen molar-refractivity contribution in [1.29, 1.82) is 0 Å². The average Bonchev–Trinajstić information content (AvgIpc) is 3.20. The Morgan fingerprint density at radius 3 is 2.60 bits per heavy atom. The number of nitro benzene ring substituents is 1. The molecule has 0 aromatic heterocycles. The van der Waals surface area contributed by atoms with Gasteiger partial charge in [0.15, 0.2) is 5.17 Å². The molecule has 0 spiro atoms. The first-order chi connectivity index (χ1) is 11.9. The zero-order chi connectivity index (χ0) is 18.1. The van der Waals surface area contributed by atoms with E-state index >= 15 is 0 Å². The van der Waals surface area contributed by atoms with Crippen LogP contribution in [-0.2, 0) is 0 Å². The van der Waals surface area contributed by atoms with Gasteiger partial charge in [-0.2, -0.15) is 0 Å². The summed E-state index contributed by atoms with van der Waals surface area (Å²) in [5.74, 6) is 0.831. The second-order valence-electron chi connectivity index (χ2n) is 6.97. The molecule has 0 radical (unpaired) electrons. The minimum Gasteiger partial charge on any atom is -0.391 e. The van der Waals surface area contributed by atoms with Gasteiger partial charge in [0.25, 0.3) is 5.69 Å². The van der Waals surface area contributed by atoms with Gasteiger partial charge in [0.05, 0.1) is 22.8 Å². The third kappa shape index (κ3) is 3.53. The van der Waals surface area contributed by atoms with Crippen molar-refractivity contribution in [3.05, 3.63) is 33.4 Å². The lowest BCUT2D eigenvalue weighted by Crippen LogP contribution is -2.46. The number of aliphatic hydroxyl groups is 1. The fourth-order valence-corrected chi connectivity index (χ4v) is 5.10. The third-order valence-electron chi connectivity index (χ3n) is 5.38. The minimum atomic E-state index is -0.402. The molecule has 0 bridgehead atoms.